The van der Waals surface area contributed by atoms with Crippen molar-refractivity contribution in [3.05, 3.63) is 29.5 Å². The van der Waals surface area contributed by atoms with Crippen LogP contribution in [-0.4, -0.2) is 30.9 Å². The highest BCUT2D eigenvalue weighted by Crippen LogP contribution is 2.33. The molecule has 5 heteroatoms. The summed E-state index contributed by atoms with van der Waals surface area (Å²) < 4.78 is 15.7. The Bertz CT molecular complexity index is 612. The number of benzene rings is 1. The van der Waals surface area contributed by atoms with Crippen molar-refractivity contribution in [2.45, 2.75) is 26.4 Å². The highest BCUT2D eigenvalue weighted by atomic mass is 16.6. The Hall–Kier alpha value is -2.01. The predicted molar refractivity (Wildman–Crippen MR) is 73.8 cm³/mol. The van der Waals surface area contributed by atoms with Crippen LogP contribution in [0, 0.1) is 6.92 Å². The van der Waals surface area contributed by atoms with Gasteiger partial charge in [0.25, 0.3) is 0 Å². The van der Waals surface area contributed by atoms with Gasteiger partial charge in [-0.3, -0.25) is 0 Å². The third kappa shape index (κ3) is 2.93. The fourth-order valence-electron chi connectivity index (χ4n) is 2.12. The van der Waals surface area contributed by atoms with Crippen molar-refractivity contribution in [2.75, 3.05) is 13.7 Å². The Morgan fingerprint density at radius 3 is 2.85 bits per heavy atom. The maximum atomic E-state index is 11.1. The van der Waals surface area contributed by atoms with E-state index in [0.29, 0.717) is 17.8 Å². The summed E-state index contributed by atoms with van der Waals surface area (Å²) in [5, 5.41) is 10.4. The number of para-hydroxylation sites is 1. The standard InChI is InChI=1S/C15H18O5/c1-9(16)7-12-10(2)20-15-11(12)5-4-6-13(15)19-8-14(17)18-3/h4-6,9,16H,7-8H2,1-3H3. The Labute approximate surface area is 117 Å². The number of aryl methyl sites for hydroxylation is 1. The minimum Gasteiger partial charge on any atom is -0.478 e. The van der Waals surface area contributed by atoms with Crippen molar-refractivity contribution in [3.8, 4) is 5.75 Å². The zero-order valence-electron chi connectivity index (χ0n) is 11.8. The van der Waals surface area contributed by atoms with Gasteiger partial charge < -0.3 is 19.0 Å². The number of carbonyl (C=O) groups is 1. The van der Waals surface area contributed by atoms with Crippen molar-refractivity contribution in [1.82, 2.24) is 0 Å². The molecule has 2 aromatic rings. The van der Waals surface area contributed by atoms with Crippen LogP contribution >= 0.6 is 0 Å². The zero-order chi connectivity index (χ0) is 14.7. The number of hydrogen-bond donors (Lipinski definition) is 1. The molecule has 2 rings (SSSR count). The first-order valence-electron chi connectivity index (χ1n) is 6.41. The summed E-state index contributed by atoms with van der Waals surface area (Å²) in [4.78, 5) is 11.1. The molecule has 0 aliphatic rings. The number of ether oxygens (including phenoxy) is 2. The van der Waals surface area contributed by atoms with Crippen molar-refractivity contribution < 1.29 is 23.8 Å². The molecule has 1 aromatic carbocycles. The van der Waals surface area contributed by atoms with Crippen LogP contribution in [0.1, 0.15) is 18.2 Å². The van der Waals surface area contributed by atoms with E-state index in [-0.39, 0.29) is 6.61 Å². The number of esters is 1. The van der Waals surface area contributed by atoms with Crippen molar-refractivity contribution in [3.63, 3.8) is 0 Å². The predicted octanol–water partition coefficient (Wildman–Crippen LogP) is 2.22. The molecule has 20 heavy (non-hydrogen) atoms. The molecule has 0 saturated carbocycles. The molecule has 0 aliphatic heterocycles. The normalized spacial score (nSPS) is 12.4. The van der Waals surface area contributed by atoms with Crippen LogP contribution in [0.3, 0.4) is 0 Å². The number of aliphatic hydroxyl groups excluding tert-OH is 1. The fourth-order valence-corrected chi connectivity index (χ4v) is 2.12. The first-order chi connectivity index (χ1) is 9.52. The van der Waals surface area contributed by atoms with Gasteiger partial charge in [0.05, 0.1) is 13.2 Å². The van der Waals surface area contributed by atoms with Crippen LogP contribution in [0.4, 0.5) is 0 Å². The maximum Gasteiger partial charge on any atom is 0.343 e. The maximum absolute atomic E-state index is 11.1. The van der Waals surface area contributed by atoms with Gasteiger partial charge in [-0.25, -0.2) is 4.79 Å². The Morgan fingerprint density at radius 2 is 2.20 bits per heavy atom. The lowest BCUT2D eigenvalue weighted by atomic mass is 10.0. The average Bonchev–Trinajstić information content (AvgIpc) is 2.72. The van der Waals surface area contributed by atoms with Gasteiger partial charge >= 0.3 is 5.97 Å². The molecule has 5 nitrogen and oxygen atoms in total. The highest BCUT2D eigenvalue weighted by molar-refractivity contribution is 5.87. The topological polar surface area (TPSA) is 68.9 Å². The van der Waals surface area contributed by atoms with Crippen LogP contribution in [-0.2, 0) is 16.0 Å². The van der Waals surface area contributed by atoms with E-state index in [1.165, 1.54) is 7.11 Å². The first-order valence-corrected chi connectivity index (χ1v) is 6.41. The molecule has 1 heterocycles. The third-order valence-electron chi connectivity index (χ3n) is 3.06. The lowest BCUT2D eigenvalue weighted by Gasteiger charge is -2.05. The monoisotopic (exact) mass is 278 g/mol. The summed E-state index contributed by atoms with van der Waals surface area (Å²) in [5.74, 6) is 0.789. The van der Waals surface area contributed by atoms with Gasteiger partial charge in [0, 0.05) is 17.4 Å². The number of hydrogen-bond acceptors (Lipinski definition) is 5. The van der Waals surface area contributed by atoms with Gasteiger partial charge in [-0.1, -0.05) is 12.1 Å². The van der Waals surface area contributed by atoms with Crippen LogP contribution < -0.4 is 4.74 Å². The Kier molecular flexibility index (Phi) is 4.29. The summed E-state index contributed by atoms with van der Waals surface area (Å²) >= 11 is 0. The van der Waals surface area contributed by atoms with Crippen molar-refractivity contribution in [2.24, 2.45) is 0 Å². The number of furan rings is 1. The van der Waals surface area contributed by atoms with Crippen LogP contribution in [0.15, 0.2) is 22.6 Å². The number of aliphatic hydroxyl groups is 1. The van der Waals surface area contributed by atoms with Crippen LogP contribution in [0.5, 0.6) is 5.75 Å². The molecule has 0 bridgehead atoms. The van der Waals surface area contributed by atoms with Gasteiger partial charge in [-0.05, 0) is 19.9 Å². The minimum absolute atomic E-state index is 0.166. The van der Waals surface area contributed by atoms with E-state index in [1.807, 2.05) is 19.1 Å². The molecule has 1 N–H and O–H groups in total. The van der Waals surface area contributed by atoms with Gasteiger partial charge in [0.15, 0.2) is 17.9 Å². The smallest absolute Gasteiger partial charge is 0.343 e. The summed E-state index contributed by atoms with van der Waals surface area (Å²) in [6.45, 7) is 3.42. The molecule has 0 aliphatic carbocycles. The molecule has 0 saturated heterocycles. The molecule has 1 atom stereocenters. The molecule has 0 spiro atoms. The largest absolute Gasteiger partial charge is 0.478 e. The summed E-state index contributed by atoms with van der Waals surface area (Å²) in [5.41, 5.74) is 1.54. The van der Waals surface area contributed by atoms with E-state index in [9.17, 15) is 9.90 Å². The first kappa shape index (κ1) is 14.4. The van der Waals surface area contributed by atoms with E-state index in [2.05, 4.69) is 4.74 Å². The van der Waals surface area contributed by atoms with E-state index < -0.39 is 12.1 Å². The Morgan fingerprint density at radius 1 is 1.45 bits per heavy atom. The van der Waals surface area contributed by atoms with Crippen LogP contribution in [0.25, 0.3) is 11.0 Å². The zero-order valence-corrected chi connectivity index (χ0v) is 11.8. The molecule has 0 radical (unpaired) electrons. The van der Waals surface area contributed by atoms with Crippen LogP contribution in [0.2, 0.25) is 0 Å². The number of carbonyl (C=O) groups excluding carboxylic acids is 1. The van der Waals surface area contributed by atoms with Gasteiger partial charge in [0.2, 0.25) is 0 Å². The second-order valence-corrected chi connectivity index (χ2v) is 4.69. The van der Waals surface area contributed by atoms with E-state index in [0.717, 1.165) is 16.7 Å². The lowest BCUT2D eigenvalue weighted by Crippen LogP contribution is -2.12. The van der Waals surface area contributed by atoms with Gasteiger partial charge in [0.1, 0.15) is 5.76 Å². The molecule has 0 amide bonds. The SMILES string of the molecule is COC(=O)COc1cccc2c(CC(C)O)c(C)oc12. The summed E-state index contributed by atoms with van der Waals surface area (Å²) in [6, 6.07) is 5.48. The lowest BCUT2D eigenvalue weighted by molar-refractivity contribution is -0.142. The van der Waals surface area contributed by atoms with E-state index in [1.54, 1.807) is 13.0 Å². The molecule has 108 valence electrons. The number of rotatable bonds is 5. The minimum atomic E-state index is -0.450. The van der Waals surface area contributed by atoms with Gasteiger partial charge in [-0.2, -0.15) is 0 Å². The van der Waals surface area contributed by atoms with E-state index in [4.69, 9.17) is 9.15 Å². The van der Waals surface area contributed by atoms with E-state index >= 15 is 0 Å². The summed E-state index contributed by atoms with van der Waals surface area (Å²) in [6.07, 6.45) is 0.0633. The molecular formula is C15H18O5. The molecule has 1 aromatic heterocycles. The Balaban J connectivity index is 2.35. The fraction of sp³-hybridized carbons (Fsp3) is 0.400. The van der Waals surface area contributed by atoms with Crippen molar-refractivity contribution >= 4 is 16.9 Å². The molecule has 0 fully saturated rings. The second kappa shape index (κ2) is 5.96. The average molecular weight is 278 g/mol. The van der Waals surface area contributed by atoms with Crippen molar-refractivity contribution in [1.29, 1.82) is 0 Å². The molecule has 1 unspecified atom stereocenters. The van der Waals surface area contributed by atoms with Gasteiger partial charge in [-0.15, -0.1) is 0 Å². The quantitative estimate of drug-likeness (QED) is 0.849. The third-order valence-corrected chi connectivity index (χ3v) is 3.06. The highest BCUT2D eigenvalue weighted by Gasteiger charge is 2.16. The number of methoxy groups -OCH3 is 1. The molecular weight excluding hydrogens is 260 g/mol. The summed E-state index contributed by atoms with van der Waals surface area (Å²) in [7, 11) is 1.31. The second-order valence-electron chi connectivity index (χ2n) is 4.69. The number of fused-ring (bicyclic) bond motifs is 1.